The minimum atomic E-state index is -1.28. The first-order valence-corrected chi connectivity index (χ1v) is 10.0. The van der Waals surface area contributed by atoms with Gasteiger partial charge in [0.2, 0.25) is 0 Å². The normalized spacial score (nSPS) is 18.2. The van der Waals surface area contributed by atoms with Crippen molar-refractivity contribution in [3.63, 3.8) is 0 Å². The van der Waals surface area contributed by atoms with Crippen molar-refractivity contribution in [2.24, 2.45) is 5.92 Å². The summed E-state index contributed by atoms with van der Waals surface area (Å²) in [4.78, 5) is 37.2. The fourth-order valence-electron chi connectivity index (χ4n) is 3.65. The summed E-state index contributed by atoms with van der Waals surface area (Å²) in [6.45, 7) is 0. The third kappa shape index (κ3) is 5.06. The number of methoxy groups -OCH3 is 2. The molecule has 30 heavy (non-hydrogen) atoms. The van der Waals surface area contributed by atoms with Crippen LogP contribution in [0.25, 0.3) is 0 Å². The Bertz CT molecular complexity index is 905. The summed E-state index contributed by atoms with van der Waals surface area (Å²) >= 11 is 0. The molecule has 2 aromatic carbocycles. The summed E-state index contributed by atoms with van der Waals surface area (Å²) in [5, 5.41) is 0. The predicted octanol–water partition coefficient (Wildman–Crippen LogP) is 3.34. The molecule has 0 amide bonds. The van der Waals surface area contributed by atoms with Crippen molar-refractivity contribution in [2.75, 3.05) is 14.2 Å². The molecule has 158 valence electrons. The number of carbonyl (C=O) groups is 3. The van der Waals surface area contributed by atoms with Gasteiger partial charge in [0.15, 0.2) is 35.1 Å². The van der Waals surface area contributed by atoms with Crippen molar-refractivity contribution in [1.82, 2.24) is 0 Å². The lowest BCUT2D eigenvalue weighted by Gasteiger charge is -2.10. The molecule has 6 heteroatoms. The number of carbonyl (C=O) groups excluding carboxylic acids is 3. The van der Waals surface area contributed by atoms with Crippen LogP contribution in [0.4, 0.5) is 0 Å². The van der Waals surface area contributed by atoms with Gasteiger partial charge in [-0.25, -0.2) is 0 Å². The van der Waals surface area contributed by atoms with E-state index in [9.17, 15) is 14.4 Å². The number of hydrogen-bond acceptors (Lipinski definition) is 6. The Hall–Kier alpha value is -3.15. The van der Waals surface area contributed by atoms with E-state index in [1.165, 1.54) is 0 Å². The number of Topliss-reactive ketones (excluding diaryl/α,β-unsaturated/α-hetero) is 2. The van der Waals surface area contributed by atoms with Gasteiger partial charge in [0, 0.05) is 6.42 Å². The molecule has 0 aromatic heterocycles. The number of aryl methyl sites for hydroxylation is 2. The van der Waals surface area contributed by atoms with Crippen LogP contribution in [0.2, 0.25) is 0 Å². The topological polar surface area (TPSA) is 78.9 Å². The fourth-order valence-corrected chi connectivity index (χ4v) is 3.65. The molecule has 0 bridgehead atoms. The second-order valence-corrected chi connectivity index (χ2v) is 7.29. The highest BCUT2D eigenvalue weighted by molar-refractivity contribution is 6.21. The maximum atomic E-state index is 12.6. The number of ketones is 2. The Balaban J connectivity index is 1.51. The molecule has 0 spiro atoms. The van der Waals surface area contributed by atoms with Crippen LogP contribution in [-0.4, -0.2) is 37.9 Å². The highest BCUT2D eigenvalue weighted by atomic mass is 16.6. The molecule has 0 aliphatic carbocycles. The lowest BCUT2D eigenvalue weighted by Crippen LogP contribution is -2.28. The SMILES string of the molecule is COc1ccc(CCCC(=O)C2C(=O)OC(CCc3ccccc3)C2=O)cc1OC. The summed E-state index contributed by atoms with van der Waals surface area (Å²) in [6, 6.07) is 15.2. The molecule has 1 aliphatic rings. The van der Waals surface area contributed by atoms with Crippen molar-refractivity contribution >= 4 is 17.5 Å². The molecule has 2 atom stereocenters. The summed E-state index contributed by atoms with van der Waals surface area (Å²) in [6.07, 6.45) is 1.47. The zero-order chi connectivity index (χ0) is 21.5. The fraction of sp³-hybridized carbons (Fsp3) is 0.375. The van der Waals surface area contributed by atoms with Crippen molar-refractivity contribution < 1.29 is 28.6 Å². The third-order valence-electron chi connectivity index (χ3n) is 5.29. The molecule has 6 nitrogen and oxygen atoms in total. The van der Waals surface area contributed by atoms with E-state index < -0.39 is 23.8 Å². The van der Waals surface area contributed by atoms with Gasteiger partial charge in [-0.3, -0.25) is 14.4 Å². The van der Waals surface area contributed by atoms with Gasteiger partial charge in [-0.05, 0) is 48.9 Å². The Morgan fingerprint density at radius 3 is 2.37 bits per heavy atom. The molecule has 0 N–H and O–H groups in total. The minimum Gasteiger partial charge on any atom is -0.493 e. The molecule has 2 aromatic rings. The van der Waals surface area contributed by atoms with Crippen LogP contribution in [0.1, 0.15) is 30.4 Å². The van der Waals surface area contributed by atoms with Gasteiger partial charge in [-0.2, -0.15) is 0 Å². The van der Waals surface area contributed by atoms with Gasteiger partial charge >= 0.3 is 5.97 Å². The van der Waals surface area contributed by atoms with Gasteiger partial charge in [0.25, 0.3) is 0 Å². The number of hydrogen-bond donors (Lipinski definition) is 0. The molecule has 1 fully saturated rings. The smallest absolute Gasteiger partial charge is 0.325 e. The molecule has 1 saturated heterocycles. The highest BCUT2D eigenvalue weighted by Gasteiger charge is 2.46. The first kappa shape index (κ1) is 21.6. The Kier molecular flexibility index (Phi) is 7.22. The van der Waals surface area contributed by atoms with Crippen molar-refractivity contribution in [1.29, 1.82) is 0 Å². The molecular weight excluding hydrogens is 384 g/mol. The second kappa shape index (κ2) is 10.1. The Labute approximate surface area is 176 Å². The quantitative estimate of drug-likeness (QED) is 0.442. The van der Waals surface area contributed by atoms with E-state index in [-0.39, 0.29) is 12.2 Å². The zero-order valence-electron chi connectivity index (χ0n) is 17.3. The van der Waals surface area contributed by atoms with Crippen LogP contribution in [0.3, 0.4) is 0 Å². The average Bonchev–Trinajstić information content (AvgIpc) is 3.05. The van der Waals surface area contributed by atoms with Gasteiger partial charge in [0.1, 0.15) is 0 Å². The van der Waals surface area contributed by atoms with Crippen molar-refractivity contribution in [3.8, 4) is 11.5 Å². The van der Waals surface area contributed by atoms with Gasteiger partial charge < -0.3 is 14.2 Å². The standard InChI is InChI=1S/C24H26O6/c1-28-19-13-12-17(15-21(19)29-2)9-6-10-18(25)22-23(26)20(30-24(22)27)14-11-16-7-4-3-5-8-16/h3-5,7-8,12-13,15,20,22H,6,9-11,14H2,1-2H3. The average molecular weight is 410 g/mol. The Morgan fingerprint density at radius 2 is 1.67 bits per heavy atom. The minimum absolute atomic E-state index is 0.144. The number of benzene rings is 2. The molecule has 0 radical (unpaired) electrons. The maximum absolute atomic E-state index is 12.6. The van der Waals surface area contributed by atoms with E-state index in [2.05, 4.69) is 0 Å². The monoisotopic (exact) mass is 410 g/mol. The Morgan fingerprint density at radius 1 is 0.933 bits per heavy atom. The largest absolute Gasteiger partial charge is 0.493 e. The number of cyclic esters (lactones) is 1. The van der Waals surface area contributed by atoms with E-state index >= 15 is 0 Å². The van der Waals surface area contributed by atoms with E-state index in [4.69, 9.17) is 14.2 Å². The predicted molar refractivity (Wildman–Crippen MR) is 111 cm³/mol. The summed E-state index contributed by atoms with van der Waals surface area (Å²) in [5.41, 5.74) is 2.05. The van der Waals surface area contributed by atoms with Crippen molar-refractivity contribution in [2.45, 2.75) is 38.2 Å². The maximum Gasteiger partial charge on any atom is 0.325 e. The first-order valence-electron chi connectivity index (χ1n) is 10.0. The summed E-state index contributed by atoms with van der Waals surface area (Å²) < 4.78 is 15.7. The molecule has 1 aliphatic heterocycles. The van der Waals surface area contributed by atoms with Gasteiger partial charge in [-0.1, -0.05) is 36.4 Å². The van der Waals surface area contributed by atoms with Crippen LogP contribution in [0.15, 0.2) is 48.5 Å². The van der Waals surface area contributed by atoms with Crippen LogP contribution in [0, 0.1) is 5.92 Å². The lowest BCUT2D eigenvalue weighted by molar-refractivity contribution is -0.147. The van der Waals surface area contributed by atoms with E-state index in [0.29, 0.717) is 37.2 Å². The number of ether oxygens (including phenoxy) is 3. The molecule has 1 heterocycles. The van der Waals surface area contributed by atoms with E-state index in [1.807, 2.05) is 48.5 Å². The van der Waals surface area contributed by atoms with Crippen LogP contribution < -0.4 is 9.47 Å². The van der Waals surface area contributed by atoms with Gasteiger partial charge in [-0.15, -0.1) is 0 Å². The highest BCUT2D eigenvalue weighted by Crippen LogP contribution is 2.28. The number of rotatable bonds is 10. The summed E-state index contributed by atoms with van der Waals surface area (Å²) in [5.74, 6) is -1.51. The lowest BCUT2D eigenvalue weighted by atomic mass is 9.92. The van der Waals surface area contributed by atoms with Gasteiger partial charge in [0.05, 0.1) is 14.2 Å². The van der Waals surface area contributed by atoms with E-state index in [0.717, 1.165) is 11.1 Å². The third-order valence-corrected chi connectivity index (χ3v) is 5.29. The zero-order valence-corrected chi connectivity index (χ0v) is 17.3. The first-order chi connectivity index (χ1) is 14.5. The second-order valence-electron chi connectivity index (χ2n) is 7.29. The summed E-state index contributed by atoms with van der Waals surface area (Å²) in [7, 11) is 3.14. The molecule has 0 saturated carbocycles. The van der Waals surface area contributed by atoms with Crippen LogP contribution in [-0.2, 0) is 32.0 Å². The van der Waals surface area contributed by atoms with Crippen LogP contribution in [0.5, 0.6) is 11.5 Å². The molecule has 3 rings (SSSR count). The van der Waals surface area contributed by atoms with Crippen LogP contribution >= 0.6 is 0 Å². The molecule has 2 unspecified atom stereocenters. The molecular formula is C24H26O6. The van der Waals surface area contributed by atoms with Crippen molar-refractivity contribution in [3.05, 3.63) is 59.7 Å². The number of esters is 1. The van der Waals surface area contributed by atoms with E-state index in [1.54, 1.807) is 14.2 Å².